The maximum atomic E-state index is 13.1. The van der Waals surface area contributed by atoms with Gasteiger partial charge in [-0.2, -0.15) is 0 Å². The molecule has 4 heteroatoms. The van der Waals surface area contributed by atoms with Gasteiger partial charge in [0.05, 0.1) is 0 Å². The predicted octanol–water partition coefficient (Wildman–Crippen LogP) is 5.08. The van der Waals surface area contributed by atoms with Gasteiger partial charge in [-0.3, -0.25) is 0 Å². The second-order valence-electron chi connectivity index (χ2n) is 4.99. The van der Waals surface area contributed by atoms with E-state index in [2.05, 4.69) is 21.2 Å². The van der Waals surface area contributed by atoms with Crippen LogP contribution in [0.25, 0.3) is 0 Å². The third-order valence-corrected chi connectivity index (χ3v) is 4.03. The van der Waals surface area contributed by atoms with Crippen molar-refractivity contribution in [2.24, 2.45) is 0 Å². The summed E-state index contributed by atoms with van der Waals surface area (Å²) in [6, 6.07) is 8.35. The molecule has 2 aromatic rings. The van der Waals surface area contributed by atoms with Crippen molar-refractivity contribution in [2.75, 3.05) is 5.32 Å². The van der Waals surface area contributed by atoms with E-state index >= 15 is 0 Å². The van der Waals surface area contributed by atoms with Crippen LogP contribution in [-0.2, 0) is 0 Å². The highest BCUT2D eigenvalue weighted by Crippen LogP contribution is 2.30. The van der Waals surface area contributed by atoms with E-state index in [1.165, 1.54) is 12.1 Å². The number of hydrogen-bond acceptors (Lipinski definition) is 2. The van der Waals surface area contributed by atoms with Crippen molar-refractivity contribution in [3.05, 3.63) is 57.3 Å². The second-order valence-corrected chi connectivity index (χ2v) is 5.84. The Kier molecular flexibility index (Phi) is 4.33. The molecule has 0 saturated carbocycles. The summed E-state index contributed by atoms with van der Waals surface area (Å²) in [6.07, 6.45) is 0. The molecule has 0 aromatic heterocycles. The van der Waals surface area contributed by atoms with Gasteiger partial charge in [0.1, 0.15) is 11.6 Å². The highest BCUT2D eigenvalue weighted by atomic mass is 79.9. The number of rotatable bonds is 3. The first-order valence-corrected chi connectivity index (χ1v) is 7.19. The van der Waals surface area contributed by atoms with E-state index in [1.807, 2.05) is 26.8 Å². The van der Waals surface area contributed by atoms with Gasteiger partial charge in [0.25, 0.3) is 0 Å². The van der Waals surface area contributed by atoms with E-state index in [0.29, 0.717) is 5.75 Å². The average molecular weight is 338 g/mol. The standard InChI is InChI=1S/C16H17BrFNO/c1-9-7-16(20)10(2)6-15(9)19-11(3)13-5-4-12(18)8-14(13)17/h4-8,11,19-20H,1-3H3. The molecule has 0 saturated heterocycles. The van der Waals surface area contributed by atoms with Crippen LogP contribution in [0.5, 0.6) is 5.75 Å². The Labute approximate surface area is 126 Å². The summed E-state index contributed by atoms with van der Waals surface area (Å²) in [4.78, 5) is 0. The Bertz CT molecular complexity index is 643. The Morgan fingerprint density at radius 1 is 1.15 bits per heavy atom. The Morgan fingerprint density at radius 3 is 2.50 bits per heavy atom. The molecule has 2 N–H and O–H groups in total. The molecule has 0 aliphatic carbocycles. The Morgan fingerprint density at radius 2 is 1.85 bits per heavy atom. The first-order valence-electron chi connectivity index (χ1n) is 6.40. The number of nitrogens with one attached hydrogen (secondary N) is 1. The van der Waals surface area contributed by atoms with Crippen LogP contribution in [0.2, 0.25) is 0 Å². The van der Waals surface area contributed by atoms with E-state index < -0.39 is 0 Å². The summed E-state index contributed by atoms with van der Waals surface area (Å²) in [5.41, 5.74) is 3.74. The van der Waals surface area contributed by atoms with E-state index in [-0.39, 0.29) is 11.9 Å². The minimum absolute atomic E-state index is 0.0209. The number of benzene rings is 2. The molecule has 0 fully saturated rings. The summed E-state index contributed by atoms with van der Waals surface area (Å²) in [7, 11) is 0. The van der Waals surface area contributed by atoms with Gasteiger partial charge in [-0.25, -0.2) is 4.39 Å². The zero-order valence-electron chi connectivity index (χ0n) is 11.7. The largest absolute Gasteiger partial charge is 0.508 e. The third kappa shape index (κ3) is 3.12. The maximum Gasteiger partial charge on any atom is 0.124 e. The average Bonchev–Trinajstić information content (AvgIpc) is 2.35. The van der Waals surface area contributed by atoms with Gasteiger partial charge >= 0.3 is 0 Å². The Balaban J connectivity index is 2.27. The maximum absolute atomic E-state index is 13.1. The minimum Gasteiger partial charge on any atom is -0.508 e. The smallest absolute Gasteiger partial charge is 0.124 e. The van der Waals surface area contributed by atoms with Crippen molar-refractivity contribution < 1.29 is 9.50 Å². The lowest BCUT2D eigenvalue weighted by Gasteiger charge is -2.19. The number of phenolic OH excluding ortho intramolecular Hbond substituents is 1. The molecule has 0 heterocycles. The quantitative estimate of drug-likeness (QED) is 0.765. The highest BCUT2D eigenvalue weighted by Gasteiger charge is 2.12. The predicted molar refractivity (Wildman–Crippen MR) is 83.7 cm³/mol. The summed E-state index contributed by atoms with van der Waals surface area (Å²) in [5, 5.41) is 13.1. The van der Waals surface area contributed by atoms with Crippen LogP contribution in [-0.4, -0.2) is 5.11 Å². The molecule has 2 rings (SSSR count). The summed E-state index contributed by atoms with van der Waals surface area (Å²) >= 11 is 3.39. The molecule has 20 heavy (non-hydrogen) atoms. The van der Waals surface area contributed by atoms with E-state index in [9.17, 15) is 9.50 Å². The number of hydrogen-bond donors (Lipinski definition) is 2. The molecular formula is C16H17BrFNO. The fraction of sp³-hybridized carbons (Fsp3) is 0.250. The molecule has 0 amide bonds. The highest BCUT2D eigenvalue weighted by molar-refractivity contribution is 9.10. The van der Waals surface area contributed by atoms with Gasteiger partial charge in [-0.15, -0.1) is 0 Å². The second kappa shape index (κ2) is 5.83. The van der Waals surface area contributed by atoms with Crippen LogP contribution in [0.1, 0.15) is 29.7 Å². The third-order valence-electron chi connectivity index (χ3n) is 3.34. The van der Waals surface area contributed by atoms with E-state index in [4.69, 9.17) is 0 Å². The van der Waals surface area contributed by atoms with Crippen molar-refractivity contribution in [2.45, 2.75) is 26.8 Å². The number of phenols is 1. The van der Waals surface area contributed by atoms with E-state index in [1.54, 1.807) is 12.1 Å². The van der Waals surface area contributed by atoms with Crippen molar-refractivity contribution in [1.29, 1.82) is 0 Å². The Hall–Kier alpha value is -1.55. The van der Waals surface area contributed by atoms with Crippen molar-refractivity contribution >= 4 is 21.6 Å². The molecule has 1 atom stereocenters. The van der Waals surface area contributed by atoms with Crippen molar-refractivity contribution in [1.82, 2.24) is 0 Å². The first-order chi connectivity index (χ1) is 9.38. The summed E-state index contributed by atoms with van der Waals surface area (Å²) < 4.78 is 13.9. The minimum atomic E-state index is -0.260. The lowest BCUT2D eigenvalue weighted by molar-refractivity contribution is 0.470. The molecule has 0 aliphatic rings. The van der Waals surface area contributed by atoms with Crippen LogP contribution in [0.3, 0.4) is 0 Å². The van der Waals surface area contributed by atoms with Gasteiger partial charge in [-0.05, 0) is 61.7 Å². The van der Waals surface area contributed by atoms with Crippen LogP contribution in [0.15, 0.2) is 34.8 Å². The summed E-state index contributed by atoms with van der Waals surface area (Å²) in [6.45, 7) is 5.81. The number of halogens is 2. The fourth-order valence-electron chi connectivity index (χ4n) is 2.12. The van der Waals surface area contributed by atoms with Crippen LogP contribution >= 0.6 is 15.9 Å². The van der Waals surface area contributed by atoms with Crippen molar-refractivity contribution in [3.8, 4) is 5.75 Å². The lowest BCUT2D eigenvalue weighted by Crippen LogP contribution is -2.08. The summed E-state index contributed by atoms with van der Waals surface area (Å²) in [5.74, 6) is 0.0353. The normalized spacial score (nSPS) is 12.2. The fourth-order valence-corrected chi connectivity index (χ4v) is 2.81. The number of aryl methyl sites for hydroxylation is 2. The molecule has 2 nitrogen and oxygen atoms in total. The van der Waals surface area contributed by atoms with Crippen LogP contribution in [0, 0.1) is 19.7 Å². The van der Waals surface area contributed by atoms with E-state index in [0.717, 1.165) is 26.9 Å². The molecule has 0 radical (unpaired) electrons. The van der Waals surface area contributed by atoms with Gasteiger partial charge in [0, 0.05) is 16.2 Å². The zero-order valence-corrected chi connectivity index (χ0v) is 13.3. The first kappa shape index (κ1) is 14.9. The molecule has 0 bridgehead atoms. The number of anilines is 1. The molecule has 1 unspecified atom stereocenters. The lowest BCUT2D eigenvalue weighted by atomic mass is 10.1. The zero-order chi connectivity index (χ0) is 14.9. The monoisotopic (exact) mass is 337 g/mol. The van der Waals surface area contributed by atoms with Gasteiger partial charge in [0.2, 0.25) is 0 Å². The van der Waals surface area contributed by atoms with Gasteiger partial charge in [-0.1, -0.05) is 22.0 Å². The molecule has 0 aliphatic heterocycles. The molecule has 2 aromatic carbocycles. The topological polar surface area (TPSA) is 32.3 Å². The molecule has 106 valence electrons. The van der Waals surface area contributed by atoms with Crippen LogP contribution < -0.4 is 5.32 Å². The SMILES string of the molecule is Cc1cc(NC(C)c2ccc(F)cc2Br)c(C)cc1O. The molecule has 0 spiro atoms. The van der Waals surface area contributed by atoms with Crippen molar-refractivity contribution in [3.63, 3.8) is 0 Å². The van der Waals surface area contributed by atoms with Gasteiger partial charge < -0.3 is 10.4 Å². The van der Waals surface area contributed by atoms with Gasteiger partial charge in [0.15, 0.2) is 0 Å². The number of aromatic hydroxyl groups is 1. The molecular weight excluding hydrogens is 321 g/mol. The van der Waals surface area contributed by atoms with Crippen LogP contribution in [0.4, 0.5) is 10.1 Å².